The predicted octanol–water partition coefficient (Wildman–Crippen LogP) is 2.93. The molecular weight excluding hydrogens is 264 g/mol. The van der Waals surface area contributed by atoms with Crippen molar-refractivity contribution in [1.82, 2.24) is 9.80 Å². The molecule has 4 nitrogen and oxygen atoms in total. The lowest BCUT2D eigenvalue weighted by Crippen LogP contribution is -2.63. The normalized spacial score (nSPS) is 28.3. The van der Waals surface area contributed by atoms with Gasteiger partial charge >= 0.3 is 0 Å². The van der Waals surface area contributed by atoms with Gasteiger partial charge in [0.15, 0.2) is 0 Å². The van der Waals surface area contributed by atoms with E-state index in [-0.39, 0.29) is 11.0 Å². The Kier molecular flexibility index (Phi) is 5.35. The number of rotatable bonds is 5. The molecule has 0 radical (unpaired) electrons. The van der Waals surface area contributed by atoms with Crippen LogP contribution < -0.4 is 0 Å². The molecule has 0 saturated carbocycles. The smallest absolute Gasteiger partial charge is 0.100 e. The maximum Gasteiger partial charge on any atom is 0.100 e. The topological polar surface area (TPSA) is 24.9 Å². The number of piperazine rings is 1. The lowest BCUT2D eigenvalue weighted by molar-refractivity contribution is -0.138. The van der Waals surface area contributed by atoms with Crippen molar-refractivity contribution in [1.29, 1.82) is 0 Å². The molecule has 0 aromatic rings. The van der Waals surface area contributed by atoms with Crippen molar-refractivity contribution < 1.29 is 9.47 Å². The number of hydrogen-bond donors (Lipinski definition) is 0. The fourth-order valence-corrected chi connectivity index (χ4v) is 3.06. The summed E-state index contributed by atoms with van der Waals surface area (Å²) in [6.07, 6.45) is 2.60. The summed E-state index contributed by atoms with van der Waals surface area (Å²) in [6.45, 7) is 17.7. The summed E-state index contributed by atoms with van der Waals surface area (Å²) in [7, 11) is 0. The first kappa shape index (κ1) is 17.2. The minimum absolute atomic E-state index is 0.0494. The van der Waals surface area contributed by atoms with E-state index in [1.54, 1.807) is 0 Å². The summed E-state index contributed by atoms with van der Waals surface area (Å²) < 4.78 is 11.9. The van der Waals surface area contributed by atoms with Crippen LogP contribution in [-0.2, 0) is 9.47 Å². The second-order valence-electron chi connectivity index (χ2n) is 8.85. The van der Waals surface area contributed by atoms with Crippen molar-refractivity contribution in [2.24, 2.45) is 5.41 Å². The van der Waals surface area contributed by atoms with Gasteiger partial charge in [-0.3, -0.25) is 9.80 Å². The quantitative estimate of drug-likeness (QED) is 0.779. The molecule has 124 valence electrons. The van der Waals surface area contributed by atoms with Gasteiger partial charge in [0.2, 0.25) is 0 Å². The van der Waals surface area contributed by atoms with Crippen LogP contribution >= 0.6 is 0 Å². The molecule has 0 aromatic carbocycles. The van der Waals surface area contributed by atoms with E-state index < -0.39 is 0 Å². The Labute approximate surface area is 130 Å². The van der Waals surface area contributed by atoms with Crippen LogP contribution in [0.4, 0.5) is 0 Å². The van der Waals surface area contributed by atoms with E-state index in [1.807, 2.05) is 0 Å². The standard InChI is InChI=1S/C17H34N2O2/c1-16(2,3)11-20-12-18-9-15-8-7-14(18)10-19(15)13-21-17(4,5)6/h14-15H,7-13H2,1-6H3. The van der Waals surface area contributed by atoms with Crippen LogP contribution in [-0.4, -0.2) is 60.6 Å². The molecular formula is C17H34N2O2. The van der Waals surface area contributed by atoms with Crippen LogP contribution in [0.15, 0.2) is 0 Å². The summed E-state index contributed by atoms with van der Waals surface area (Å²) in [5, 5.41) is 0. The van der Waals surface area contributed by atoms with E-state index in [2.05, 4.69) is 51.3 Å². The number of hydrogen-bond acceptors (Lipinski definition) is 4. The Hall–Kier alpha value is -0.160. The van der Waals surface area contributed by atoms with Gasteiger partial charge in [0, 0.05) is 25.2 Å². The van der Waals surface area contributed by atoms with Gasteiger partial charge in [0.25, 0.3) is 0 Å². The second-order valence-corrected chi connectivity index (χ2v) is 8.85. The molecule has 3 aliphatic rings. The van der Waals surface area contributed by atoms with E-state index in [1.165, 1.54) is 12.8 Å². The van der Waals surface area contributed by atoms with E-state index in [0.717, 1.165) is 33.2 Å². The Balaban J connectivity index is 1.76. The van der Waals surface area contributed by atoms with E-state index in [9.17, 15) is 0 Å². The highest BCUT2D eigenvalue weighted by atomic mass is 16.5. The first-order chi connectivity index (χ1) is 9.64. The molecule has 0 spiro atoms. The van der Waals surface area contributed by atoms with Crippen LogP contribution in [0.2, 0.25) is 0 Å². The van der Waals surface area contributed by atoms with Crippen LogP contribution in [0.3, 0.4) is 0 Å². The van der Waals surface area contributed by atoms with Gasteiger partial charge < -0.3 is 9.47 Å². The van der Waals surface area contributed by atoms with Crippen molar-refractivity contribution in [2.75, 3.05) is 33.2 Å². The average molecular weight is 298 g/mol. The van der Waals surface area contributed by atoms with Crippen LogP contribution in [0.5, 0.6) is 0 Å². The third-order valence-corrected chi connectivity index (χ3v) is 4.21. The van der Waals surface area contributed by atoms with Crippen molar-refractivity contribution in [2.45, 2.75) is 72.1 Å². The van der Waals surface area contributed by atoms with Crippen LogP contribution in [0.25, 0.3) is 0 Å². The Morgan fingerprint density at radius 3 is 1.81 bits per heavy atom. The van der Waals surface area contributed by atoms with E-state index >= 15 is 0 Å². The van der Waals surface area contributed by atoms with Gasteiger partial charge in [-0.25, -0.2) is 0 Å². The van der Waals surface area contributed by atoms with Gasteiger partial charge in [-0.15, -0.1) is 0 Å². The Morgan fingerprint density at radius 2 is 1.38 bits per heavy atom. The lowest BCUT2D eigenvalue weighted by atomic mass is 9.92. The Bertz CT molecular complexity index is 333. The summed E-state index contributed by atoms with van der Waals surface area (Å²) in [6, 6.07) is 1.27. The van der Waals surface area contributed by atoms with Gasteiger partial charge in [-0.05, 0) is 39.0 Å². The highest BCUT2D eigenvalue weighted by molar-refractivity contribution is 4.93. The van der Waals surface area contributed by atoms with Crippen molar-refractivity contribution in [3.63, 3.8) is 0 Å². The van der Waals surface area contributed by atoms with Crippen molar-refractivity contribution in [3.05, 3.63) is 0 Å². The second kappa shape index (κ2) is 6.53. The van der Waals surface area contributed by atoms with E-state index in [0.29, 0.717) is 12.1 Å². The van der Waals surface area contributed by atoms with Gasteiger partial charge in [-0.2, -0.15) is 0 Å². The molecule has 3 saturated heterocycles. The predicted molar refractivity (Wildman–Crippen MR) is 86.2 cm³/mol. The maximum absolute atomic E-state index is 5.96. The van der Waals surface area contributed by atoms with Gasteiger partial charge in [0.05, 0.1) is 18.9 Å². The highest BCUT2D eigenvalue weighted by Gasteiger charge is 2.39. The summed E-state index contributed by atoms with van der Waals surface area (Å²) in [4.78, 5) is 5.03. The molecule has 3 fully saturated rings. The molecule has 0 aliphatic carbocycles. The lowest BCUT2D eigenvalue weighted by Gasteiger charge is -2.51. The molecule has 4 heteroatoms. The summed E-state index contributed by atoms with van der Waals surface area (Å²) >= 11 is 0. The highest BCUT2D eigenvalue weighted by Crippen LogP contribution is 2.29. The first-order valence-corrected chi connectivity index (χ1v) is 8.34. The van der Waals surface area contributed by atoms with E-state index in [4.69, 9.17) is 9.47 Å². The SMILES string of the molecule is CC(C)(C)COCN1CC2CCC1CN2COC(C)(C)C. The Morgan fingerprint density at radius 1 is 0.857 bits per heavy atom. The molecule has 3 rings (SSSR count). The molecule has 3 heterocycles. The van der Waals surface area contributed by atoms with Crippen molar-refractivity contribution in [3.8, 4) is 0 Å². The third-order valence-electron chi connectivity index (χ3n) is 4.21. The molecule has 0 N–H and O–H groups in total. The monoisotopic (exact) mass is 298 g/mol. The fourth-order valence-electron chi connectivity index (χ4n) is 3.06. The average Bonchev–Trinajstić information content (AvgIpc) is 2.35. The third kappa shape index (κ3) is 5.51. The molecule has 3 aliphatic heterocycles. The molecule has 0 aromatic heterocycles. The molecule has 2 atom stereocenters. The number of nitrogens with zero attached hydrogens (tertiary/aromatic N) is 2. The molecule has 2 bridgehead atoms. The zero-order valence-electron chi connectivity index (χ0n) is 14.8. The van der Waals surface area contributed by atoms with Crippen LogP contribution in [0, 0.1) is 5.41 Å². The number of fused-ring (bicyclic) bond motifs is 3. The summed E-state index contributed by atoms with van der Waals surface area (Å²) in [5.41, 5.74) is 0.202. The van der Waals surface area contributed by atoms with Gasteiger partial charge in [-0.1, -0.05) is 20.8 Å². The number of piperidine rings is 2. The summed E-state index contributed by atoms with van der Waals surface area (Å²) in [5.74, 6) is 0. The minimum atomic E-state index is -0.0494. The zero-order chi connectivity index (χ0) is 15.7. The van der Waals surface area contributed by atoms with Crippen LogP contribution in [0.1, 0.15) is 54.4 Å². The first-order valence-electron chi connectivity index (χ1n) is 8.34. The zero-order valence-corrected chi connectivity index (χ0v) is 14.8. The van der Waals surface area contributed by atoms with Crippen molar-refractivity contribution >= 4 is 0 Å². The molecule has 0 amide bonds. The maximum atomic E-state index is 5.96. The molecule has 2 unspecified atom stereocenters. The van der Waals surface area contributed by atoms with Gasteiger partial charge in [0.1, 0.15) is 6.73 Å². The number of ether oxygens (including phenoxy) is 2. The fraction of sp³-hybridized carbons (Fsp3) is 1.00. The largest absolute Gasteiger partial charge is 0.366 e. The molecule has 21 heavy (non-hydrogen) atoms. The minimum Gasteiger partial charge on any atom is -0.366 e.